The van der Waals surface area contributed by atoms with Gasteiger partial charge >= 0.3 is 6.18 Å². The van der Waals surface area contributed by atoms with Crippen molar-refractivity contribution < 1.29 is 31.5 Å². The molecule has 0 radical (unpaired) electrons. The second kappa shape index (κ2) is 15.6. The van der Waals surface area contributed by atoms with E-state index >= 15 is 0 Å². The molecule has 0 atom stereocenters. The molecule has 3 aromatic rings. The summed E-state index contributed by atoms with van der Waals surface area (Å²) in [6, 6.07) is 7.17. The van der Waals surface area contributed by atoms with Crippen molar-refractivity contribution in [2.75, 3.05) is 12.4 Å². The molecule has 4 N–H and O–H groups in total. The molecular weight excluding hydrogens is 559 g/mol. The van der Waals surface area contributed by atoms with E-state index in [0.29, 0.717) is 28.9 Å². The van der Waals surface area contributed by atoms with Crippen molar-refractivity contribution in [2.45, 2.75) is 47.0 Å². The van der Waals surface area contributed by atoms with Gasteiger partial charge in [-0.25, -0.2) is 13.8 Å². The fourth-order valence-corrected chi connectivity index (χ4v) is 3.23. The number of aromatic nitrogens is 2. The lowest BCUT2D eigenvalue weighted by Crippen LogP contribution is -2.36. The number of nitrogens with one attached hydrogen (secondary N) is 2. The van der Waals surface area contributed by atoms with Gasteiger partial charge in [-0.05, 0) is 42.5 Å². The summed E-state index contributed by atoms with van der Waals surface area (Å²) in [6.07, 6.45) is -4.81. The molecule has 0 aliphatic carbocycles. The first-order valence-electron chi connectivity index (χ1n) is 12.1. The van der Waals surface area contributed by atoms with Crippen LogP contribution in [-0.4, -0.2) is 34.2 Å². The Bertz CT molecular complexity index is 1300. The maximum Gasteiger partial charge on any atom is 0.416 e. The Hall–Kier alpha value is -4.00. The normalized spacial score (nSPS) is 12.3. The summed E-state index contributed by atoms with van der Waals surface area (Å²) in [7, 11) is 1.41. The molecule has 1 aromatic heterocycles. The first-order valence-corrected chi connectivity index (χ1v) is 12.5. The topological polar surface area (TPSA) is 114 Å². The monoisotopic (exact) mass is 588 g/mol. The molecule has 2 heterocycles. The summed E-state index contributed by atoms with van der Waals surface area (Å²) < 4.78 is 65.6. The summed E-state index contributed by atoms with van der Waals surface area (Å²) in [4.78, 5) is 31.9. The fourth-order valence-electron chi connectivity index (χ4n) is 3.11. The van der Waals surface area contributed by atoms with Gasteiger partial charge in [0.05, 0.1) is 17.8 Å². The van der Waals surface area contributed by atoms with Crippen LogP contribution >= 0.6 is 11.6 Å². The number of fused-ring (bicyclic) bond motifs is 1. The van der Waals surface area contributed by atoms with Crippen molar-refractivity contribution in [3.63, 3.8) is 0 Å². The molecule has 1 aliphatic rings. The zero-order valence-corrected chi connectivity index (χ0v) is 23.2. The largest absolute Gasteiger partial charge is 0.416 e. The van der Waals surface area contributed by atoms with Crippen LogP contribution in [0, 0.1) is 11.6 Å². The third kappa shape index (κ3) is 9.33. The zero-order chi connectivity index (χ0) is 30.6. The first kappa shape index (κ1) is 34.0. The number of aliphatic imine (C=N–C) groups is 1. The lowest BCUT2D eigenvalue weighted by molar-refractivity contribution is -0.137. The number of nitrogens with two attached hydrogens (primary N) is 1. The summed E-state index contributed by atoms with van der Waals surface area (Å²) in [5.74, 6) is -2.67. The average molecular weight is 589 g/mol. The van der Waals surface area contributed by atoms with E-state index in [4.69, 9.17) is 17.3 Å². The lowest BCUT2D eigenvalue weighted by Gasteiger charge is -2.18. The summed E-state index contributed by atoms with van der Waals surface area (Å²) in [5, 5.41) is 5.46. The van der Waals surface area contributed by atoms with Crippen LogP contribution in [0.3, 0.4) is 0 Å². The van der Waals surface area contributed by atoms with Gasteiger partial charge in [0.15, 0.2) is 17.5 Å². The summed E-state index contributed by atoms with van der Waals surface area (Å²) >= 11 is 5.44. The summed E-state index contributed by atoms with van der Waals surface area (Å²) in [5.41, 5.74) is 4.30. The molecule has 0 fully saturated rings. The highest BCUT2D eigenvalue weighted by Crippen LogP contribution is 2.31. The van der Waals surface area contributed by atoms with E-state index in [1.54, 1.807) is 0 Å². The van der Waals surface area contributed by atoms with Gasteiger partial charge in [-0.1, -0.05) is 39.3 Å². The van der Waals surface area contributed by atoms with E-state index in [1.165, 1.54) is 35.9 Å². The summed E-state index contributed by atoms with van der Waals surface area (Å²) in [6.45, 7) is 7.89. The molecule has 0 saturated carbocycles. The highest BCUT2D eigenvalue weighted by molar-refractivity contribution is 6.30. The van der Waals surface area contributed by atoms with Gasteiger partial charge < -0.3 is 20.9 Å². The number of carbonyl (C=O) groups excluding carboxylic acids is 2. The number of hydrogen-bond donors (Lipinski definition) is 3. The molecule has 40 heavy (non-hydrogen) atoms. The van der Waals surface area contributed by atoms with E-state index < -0.39 is 29.0 Å². The number of alkyl halides is 3. The molecule has 0 spiro atoms. The number of hydrogen-bond acceptors (Lipinski definition) is 4. The van der Waals surface area contributed by atoms with Gasteiger partial charge in [0.1, 0.15) is 18.2 Å². The number of rotatable bonds is 3. The number of carbonyl (C=O) groups is 2. The van der Waals surface area contributed by atoms with Crippen LogP contribution in [-0.2, 0) is 24.1 Å². The van der Waals surface area contributed by atoms with Crippen molar-refractivity contribution in [3.8, 4) is 0 Å². The van der Waals surface area contributed by atoms with Gasteiger partial charge in [0, 0.05) is 17.6 Å². The number of nitrogens with zero attached hydrogens (tertiary/aromatic N) is 3. The Balaban J connectivity index is 0.000000561. The van der Waals surface area contributed by atoms with Gasteiger partial charge in [0.25, 0.3) is 5.91 Å². The zero-order valence-electron chi connectivity index (χ0n) is 22.5. The fraction of sp³-hybridized carbons (Fsp3) is 0.308. The second-order valence-electron chi connectivity index (χ2n) is 7.32. The highest BCUT2D eigenvalue weighted by atomic mass is 35.5. The van der Waals surface area contributed by atoms with Gasteiger partial charge in [-0.3, -0.25) is 14.6 Å². The van der Waals surface area contributed by atoms with Crippen molar-refractivity contribution in [1.29, 1.82) is 0 Å². The van der Waals surface area contributed by atoms with E-state index in [2.05, 4.69) is 20.6 Å². The first-order chi connectivity index (χ1) is 18.9. The van der Waals surface area contributed by atoms with Crippen LogP contribution in [0.15, 0.2) is 47.5 Å². The molecule has 8 nitrogen and oxygen atoms in total. The maximum atomic E-state index is 13.5. The Labute approximate surface area is 233 Å². The SMILES string of the molecule is CC.CC.CN=C(N)c1nc(NC(=O)c2cc(F)cc(C(F)(F)F)c2)c2n1CC(=O)NC2.Fc1ccc(Cl)cc1. The predicted molar refractivity (Wildman–Crippen MR) is 144 cm³/mol. The van der Waals surface area contributed by atoms with Crippen LogP contribution < -0.4 is 16.4 Å². The van der Waals surface area contributed by atoms with Crippen LogP contribution in [0.25, 0.3) is 0 Å². The van der Waals surface area contributed by atoms with Crippen LogP contribution in [0.4, 0.5) is 27.8 Å². The number of benzene rings is 2. The Kier molecular flexibility index (Phi) is 13.2. The number of amides is 2. The smallest absolute Gasteiger partial charge is 0.381 e. The van der Waals surface area contributed by atoms with E-state index in [1.807, 2.05) is 27.7 Å². The van der Waals surface area contributed by atoms with Crippen LogP contribution in [0.1, 0.15) is 55.1 Å². The quantitative estimate of drug-likeness (QED) is 0.204. The molecule has 0 saturated heterocycles. The molecular formula is C26H30ClF5N6O2. The Morgan fingerprint density at radius 3 is 2.20 bits per heavy atom. The highest BCUT2D eigenvalue weighted by Gasteiger charge is 2.32. The number of amidine groups is 1. The maximum absolute atomic E-state index is 13.5. The molecule has 14 heteroatoms. The molecule has 1 aliphatic heterocycles. The van der Waals surface area contributed by atoms with E-state index in [-0.39, 0.29) is 42.3 Å². The minimum atomic E-state index is -4.81. The van der Waals surface area contributed by atoms with E-state index in [9.17, 15) is 31.5 Å². The number of halogens is 6. The third-order valence-corrected chi connectivity index (χ3v) is 5.07. The van der Waals surface area contributed by atoms with Crippen LogP contribution in [0.2, 0.25) is 5.02 Å². The third-order valence-electron chi connectivity index (χ3n) is 4.82. The van der Waals surface area contributed by atoms with Gasteiger partial charge in [-0.15, -0.1) is 0 Å². The van der Waals surface area contributed by atoms with Crippen LogP contribution in [0.5, 0.6) is 0 Å². The van der Waals surface area contributed by atoms with Gasteiger partial charge in [-0.2, -0.15) is 13.2 Å². The van der Waals surface area contributed by atoms with Crippen molar-refractivity contribution in [3.05, 3.63) is 81.8 Å². The average Bonchev–Trinajstić information content (AvgIpc) is 3.28. The number of anilines is 1. The standard InChI is InChI=1S/C16H14F4N6O2.C6H4ClF.2C2H6/c1-22-12(21)14-24-13(10-5-23-11(27)6-26(10)14)25-15(28)7-2-8(16(18,19)20)4-9(17)3-7;7-5-1-3-6(8)4-2-5;2*1-2/h2-4H,5-6H2,1H3,(H2,21,22)(H,23,27)(H,25,28);1-4H;2*1-2H3. The van der Waals surface area contributed by atoms with Crippen molar-refractivity contribution in [1.82, 2.24) is 14.9 Å². The lowest BCUT2D eigenvalue weighted by atomic mass is 10.1. The predicted octanol–water partition coefficient (Wildman–Crippen LogP) is 5.79. The molecule has 0 bridgehead atoms. The Morgan fingerprint density at radius 1 is 1.07 bits per heavy atom. The molecule has 2 amide bonds. The number of imidazole rings is 1. The molecule has 0 unspecified atom stereocenters. The minimum absolute atomic E-state index is 0.00145. The molecule has 2 aromatic carbocycles. The minimum Gasteiger partial charge on any atom is -0.381 e. The molecule has 4 rings (SSSR count). The second-order valence-corrected chi connectivity index (χ2v) is 7.76. The Morgan fingerprint density at radius 2 is 1.68 bits per heavy atom. The van der Waals surface area contributed by atoms with E-state index in [0.717, 1.165) is 0 Å². The molecule has 218 valence electrons. The van der Waals surface area contributed by atoms with Gasteiger partial charge in [0.2, 0.25) is 5.91 Å². The van der Waals surface area contributed by atoms with Crippen molar-refractivity contribution >= 4 is 35.1 Å². The van der Waals surface area contributed by atoms with Crippen molar-refractivity contribution in [2.24, 2.45) is 10.7 Å².